The molecule has 0 aliphatic heterocycles. The van der Waals surface area contributed by atoms with Gasteiger partial charge in [-0.1, -0.05) is 396 Å². The number of hydrogen-bond acceptors (Lipinski definition) is 5. The molecule has 0 saturated heterocycles. The first-order chi connectivity index (χ1) is 44.5. The van der Waals surface area contributed by atoms with E-state index < -0.39 is 12.1 Å². The number of aliphatic hydroxyl groups excluding tert-OH is 2. The molecule has 2 atom stereocenters. The Morgan fingerprint density at radius 3 is 0.867 bits per heavy atom. The van der Waals surface area contributed by atoms with E-state index in [4.69, 9.17) is 4.74 Å². The Bertz CT molecular complexity index is 1500. The van der Waals surface area contributed by atoms with E-state index in [1.54, 1.807) is 0 Å². The van der Waals surface area contributed by atoms with Gasteiger partial charge in [-0.3, -0.25) is 9.59 Å². The molecule has 0 aromatic carbocycles. The lowest BCUT2D eigenvalue weighted by Gasteiger charge is -2.22. The van der Waals surface area contributed by atoms with Crippen LogP contribution in [0, 0.1) is 0 Å². The first-order valence-electron chi connectivity index (χ1n) is 40.9. The summed E-state index contributed by atoms with van der Waals surface area (Å²) in [7, 11) is 0. The molecule has 0 saturated carbocycles. The van der Waals surface area contributed by atoms with Crippen molar-refractivity contribution >= 4 is 11.9 Å². The molecular formula is C84H159NO5. The number of carbonyl (C=O) groups is 2. The van der Waals surface area contributed by atoms with Gasteiger partial charge in [-0.15, -0.1) is 0 Å². The Morgan fingerprint density at radius 2 is 0.556 bits per heavy atom. The molecule has 0 aromatic rings. The lowest BCUT2D eigenvalue weighted by Crippen LogP contribution is -2.45. The van der Waals surface area contributed by atoms with Gasteiger partial charge >= 0.3 is 5.97 Å². The van der Waals surface area contributed by atoms with Crippen molar-refractivity contribution in [3.8, 4) is 0 Å². The Labute approximate surface area is 563 Å². The molecule has 90 heavy (non-hydrogen) atoms. The number of unbranched alkanes of at least 4 members (excludes halogenated alkanes) is 58. The standard InChI is InChI=1S/C84H159NO5/c1-3-5-7-9-11-13-15-17-19-21-22-23-35-38-41-45-48-52-56-60-64-68-72-76-82(87)81(80-86)85-83(88)77-73-69-65-61-57-53-49-46-42-39-36-33-31-29-27-25-24-26-28-30-32-34-37-40-43-47-51-55-59-63-67-71-75-79-90-84(89)78-74-70-66-62-58-54-50-44-20-18-16-14-12-10-8-6-4-2/h12,14,18,20,28,30,34,37,81-82,86-87H,3-11,13,15-17,19,21-27,29,31-33,35-36,38-80H2,1-2H3,(H,85,88)/b14-12-,20-18-,30-28-,37-34-. The van der Waals surface area contributed by atoms with Crippen LogP contribution in [0.5, 0.6) is 0 Å². The van der Waals surface area contributed by atoms with Crippen LogP contribution in [-0.2, 0) is 14.3 Å². The second-order valence-electron chi connectivity index (χ2n) is 28.1. The zero-order chi connectivity index (χ0) is 64.9. The van der Waals surface area contributed by atoms with Gasteiger partial charge < -0.3 is 20.3 Å². The van der Waals surface area contributed by atoms with Crippen molar-refractivity contribution in [3.05, 3.63) is 48.6 Å². The minimum atomic E-state index is -0.665. The minimum absolute atomic E-state index is 0.00700. The number of carbonyl (C=O) groups excluding carboxylic acids is 2. The number of amides is 1. The van der Waals surface area contributed by atoms with Gasteiger partial charge in [0, 0.05) is 12.8 Å². The van der Waals surface area contributed by atoms with Crippen molar-refractivity contribution in [2.75, 3.05) is 13.2 Å². The largest absolute Gasteiger partial charge is 0.466 e. The number of hydrogen-bond donors (Lipinski definition) is 3. The molecular weight excluding hydrogens is 1100 g/mol. The third kappa shape index (κ3) is 74.9. The molecule has 0 aliphatic rings. The lowest BCUT2D eigenvalue weighted by molar-refractivity contribution is -0.143. The van der Waals surface area contributed by atoms with E-state index in [2.05, 4.69) is 67.8 Å². The van der Waals surface area contributed by atoms with Crippen molar-refractivity contribution in [2.45, 2.75) is 463 Å². The zero-order valence-electron chi connectivity index (χ0n) is 60.9. The Balaban J connectivity index is 3.38. The summed E-state index contributed by atoms with van der Waals surface area (Å²) in [6.07, 6.45) is 105. The van der Waals surface area contributed by atoms with E-state index in [9.17, 15) is 19.8 Å². The van der Waals surface area contributed by atoms with E-state index in [-0.39, 0.29) is 18.5 Å². The molecule has 0 heterocycles. The SMILES string of the molecule is CCCCC/C=C\C/C=C\CCCCCCCCCC(=O)OCCCCCCCCCCC/C=C\C/C=C\CCCCCCCCCCCCCCCCCCCC(=O)NC(CO)C(O)CCCCCCCCCCCCCCCCCCCCCCCCC. The lowest BCUT2D eigenvalue weighted by atomic mass is 10.0. The van der Waals surface area contributed by atoms with Crippen LogP contribution in [0.3, 0.4) is 0 Å². The molecule has 0 radical (unpaired) electrons. The highest BCUT2D eigenvalue weighted by Crippen LogP contribution is 2.20. The molecule has 0 fully saturated rings. The fourth-order valence-corrected chi connectivity index (χ4v) is 12.9. The number of aliphatic hydroxyl groups is 2. The summed E-state index contributed by atoms with van der Waals surface area (Å²) in [5.74, 6) is -0.0210. The fourth-order valence-electron chi connectivity index (χ4n) is 12.9. The van der Waals surface area contributed by atoms with Crippen molar-refractivity contribution in [2.24, 2.45) is 0 Å². The molecule has 2 unspecified atom stereocenters. The van der Waals surface area contributed by atoms with E-state index in [0.29, 0.717) is 25.9 Å². The molecule has 6 heteroatoms. The maximum atomic E-state index is 12.6. The highest BCUT2D eigenvalue weighted by molar-refractivity contribution is 5.76. The number of rotatable bonds is 77. The number of esters is 1. The van der Waals surface area contributed by atoms with Gasteiger partial charge in [0.25, 0.3) is 0 Å². The van der Waals surface area contributed by atoms with E-state index in [1.807, 2.05) is 0 Å². The molecule has 6 nitrogen and oxygen atoms in total. The fraction of sp³-hybridized carbons (Fsp3) is 0.881. The Kier molecular flexibility index (Phi) is 77.3. The summed E-state index contributed by atoms with van der Waals surface area (Å²) in [4.78, 5) is 24.7. The summed E-state index contributed by atoms with van der Waals surface area (Å²) in [5, 5.41) is 23.5. The second-order valence-corrected chi connectivity index (χ2v) is 28.1. The minimum Gasteiger partial charge on any atom is -0.466 e. The van der Waals surface area contributed by atoms with Gasteiger partial charge in [0.1, 0.15) is 0 Å². The Morgan fingerprint density at radius 1 is 0.311 bits per heavy atom. The molecule has 0 bridgehead atoms. The third-order valence-electron chi connectivity index (χ3n) is 19.1. The summed E-state index contributed by atoms with van der Waals surface area (Å²) < 4.78 is 5.50. The maximum absolute atomic E-state index is 12.6. The average molecular weight is 1260 g/mol. The first-order valence-corrected chi connectivity index (χ1v) is 40.9. The van der Waals surface area contributed by atoms with Crippen LogP contribution in [0.15, 0.2) is 48.6 Å². The van der Waals surface area contributed by atoms with Crippen LogP contribution in [0.2, 0.25) is 0 Å². The van der Waals surface area contributed by atoms with Crippen LogP contribution in [0.4, 0.5) is 0 Å². The molecule has 0 spiro atoms. The third-order valence-corrected chi connectivity index (χ3v) is 19.1. The summed E-state index contributed by atoms with van der Waals surface area (Å²) in [6.45, 7) is 4.97. The van der Waals surface area contributed by atoms with Gasteiger partial charge in [0.05, 0.1) is 25.4 Å². The smallest absolute Gasteiger partial charge is 0.305 e. The number of ether oxygens (including phenoxy) is 1. The molecule has 0 aromatic heterocycles. The molecule has 3 N–H and O–H groups in total. The van der Waals surface area contributed by atoms with Crippen LogP contribution in [0.1, 0.15) is 450 Å². The summed E-state index contributed by atoms with van der Waals surface area (Å²) >= 11 is 0. The van der Waals surface area contributed by atoms with Gasteiger partial charge in [-0.25, -0.2) is 0 Å². The maximum Gasteiger partial charge on any atom is 0.305 e. The van der Waals surface area contributed by atoms with Gasteiger partial charge in [0.2, 0.25) is 5.91 Å². The van der Waals surface area contributed by atoms with Crippen LogP contribution in [0.25, 0.3) is 0 Å². The van der Waals surface area contributed by atoms with E-state index in [1.165, 1.54) is 360 Å². The number of allylic oxidation sites excluding steroid dienone is 8. The van der Waals surface area contributed by atoms with Crippen LogP contribution >= 0.6 is 0 Å². The zero-order valence-corrected chi connectivity index (χ0v) is 60.9. The normalized spacial score (nSPS) is 12.7. The predicted molar refractivity (Wildman–Crippen MR) is 398 cm³/mol. The monoisotopic (exact) mass is 1260 g/mol. The molecule has 0 rings (SSSR count). The van der Waals surface area contributed by atoms with Crippen molar-refractivity contribution < 1.29 is 24.5 Å². The predicted octanol–water partition coefficient (Wildman–Crippen LogP) is 27.2. The van der Waals surface area contributed by atoms with Crippen molar-refractivity contribution in [1.82, 2.24) is 5.32 Å². The molecule has 530 valence electrons. The summed E-state index contributed by atoms with van der Waals surface area (Å²) in [5.41, 5.74) is 0. The van der Waals surface area contributed by atoms with E-state index >= 15 is 0 Å². The van der Waals surface area contributed by atoms with Gasteiger partial charge in [-0.2, -0.15) is 0 Å². The Hall–Kier alpha value is -2.18. The van der Waals surface area contributed by atoms with Gasteiger partial charge in [0.15, 0.2) is 0 Å². The average Bonchev–Trinajstić information content (AvgIpc) is 3.68. The highest BCUT2D eigenvalue weighted by Gasteiger charge is 2.20. The second kappa shape index (κ2) is 79.3. The number of nitrogens with one attached hydrogen (secondary N) is 1. The topological polar surface area (TPSA) is 95.9 Å². The van der Waals surface area contributed by atoms with Crippen molar-refractivity contribution in [1.29, 1.82) is 0 Å². The van der Waals surface area contributed by atoms with Crippen LogP contribution in [-0.4, -0.2) is 47.4 Å². The summed E-state index contributed by atoms with van der Waals surface area (Å²) in [6, 6.07) is -0.542. The molecule has 0 aliphatic carbocycles. The van der Waals surface area contributed by atoms with Gasteiger partial charge in [-0.05, 0) is 89.9 Å². The highest BCUT2D eigenvalue weighted by atomic mass is 16.5. The first kappa shape index (κ1) is 87.8. The van der Waals surface area contributed by atoms with Crippen molar-refractivity contribution in [3.63, 3.8) is 0 Å². The quantitative estimate of drug-likeness (QED) is 0.0320. The van der Waals surface area contributed by atoms with Crippen LogP contribution < -0.4 is 5.32 Å². The molecule has 1 amide bonds. The van der Waals surface area contributed by atoms with E-state index in [0.717, 1.165) is 57.8 Å².